The molecule has 1 saturated heterocycles. The molecular formula is C17H24N4O2S2. The van der Waals surface area contributed by atoms with Gasteiger partial charge in [-0.3, -0.25) is 9.69 Å². The number of hydrogen-bond donors (Lipinski definition) is 1. The number of nitrogen functional groups attached to an aromatic ring is 1. The Morgan fingerprint density at radius 1 is 1.40 bits per heavy atom. The minimum absolute atomic E-state index is 0.0917. The Balaban J connectivity index is 1.55. The number of nitrogens with zero attached hydrogens (tertiary/aromatic N) is 3. The normalized spacial score (nSPS) is 21.6. The van der Waals surface area contributed by atoms with Crippen molar-refractivity contribution in [2.75, 3.05) is 44.4 Å². The van der Waals surface area contributed by atoms with Gasteiger partial charge in [-0.2, -0.15) is 0 Å². The maximum absolute atomic E-state index is 12.8. The summed E-state index contributed by atoms with van der Waals surface area (Å²) in [7, 11) is 0. The molecule has 0 unspecified atom stereocenters. The van der Waals surface area contributed by atoms with E-state index >= 15 is 0 Å². The molecule has 1 aliphatic heterocycles. The highest BCUT2D eigenvalue weighted by Gasteiger charge is 2.24. The van der Waals surface area contributed by atoms with Crippen molar-refractivity contribution < 1.29 is 4.74 Å². The molecule has 0 aromatic carbocycles. The predicted molar refractivity (Wildman–Crippen MR) is 103 cm³/mol. The summed E-state index contributed by atoms with van der Waals surface area (Å²) in [5, 5.41) is 1.38. The minimum atomic E-state index is -0.0917. The van der Waals surface area contributed by atoms with E-state index in [1.54, 1.807) is 23.1 Å². The molecule has 2 N–H and O–H groups in total. The molecular weight excluding hydrogens is 356 g/mol. The lowest BCUT2D eigenvalue weighted by Gasteiger charge is -2.26. The molecule has 1 aliphatic carbocycles. The first-order valence-corrected chi connectivity index (χ1v) is 10.7. The summed E-state index contributed by atoms with van der Waals surface area (Å²) in [6.45, 7) is 6.77. The van der Waals surface area contributed by atoms with Crippen LogP contribution in [0.3, 0.4) is 0 Å². The fourth-order valence-electron chi connectivity index (χ4n) is 3.58. The molecule has 0 radical (unpaired) electrons. The van der Waals surface area contributed by atoms with E-state index in [0.29, 0.717) is 11.1 Å². The number of ether oxygens (including phenoxy) is 1. The van der Waals surface area contributed by atoms with Crippen LogP contribution in [-0.2, 0) is 17.6 Å². The van der Waals surface area contributed by atoms with Crippen molar-refractivity contribution in [3.05, 3.63) is 20.8 Å². The molecule has 0 bridgehead atoms. The molecule has 25 heavy (non-hydrogen) atoms. The van der Waals surface area contributed by atoms with Crippen LogP contribution < -0.4 is 11.4 Å². The Morgan fingerprint density at radius 3 is 3.00 bits per heavy atom. The van der Waals surface area contributed by atoms with Gasteiger partial charge in [-0.05, 0) is 30.7 Å². The van der Waals surface area contributed by atoms with Crippen LogP contribution in [0.25, 0.3) is 10.2 Å². The average molecular weight is 381 g/mol. The number of thioether (sulfide) groups is 1. The van der Waals surface area contributed by atoms with E-state index in [0.717, 1.165) is 68.1 Å². The SMILES string of the molecule is C[C@@H]1CCc2c(sc3nc(SCCN4CCOCC4)n(N)c(=O)c23)C1. The van der Waals surface area contributed by atoms with Gasteiger partial charge in [-0.25, -0.2) is 9.66 Å². The van der Waals surface area contributed by atoms with Crippen LogP contribution in [-0.4, -0.2) is 53.2 Å². The molecule has 4 rings (SSSR count). The number of hydrogen-bond acceptors (Lipinski definition) is 7. The molecule has 1 fully saturated rings. The number of aryl methyl sites for hydroxylation is 1. The van der Waals surface area contributed by atoms with Crippen molar-refractivity contribution in [2.24, 2.45) is 5.92 Å². The summed E-state index contributed by atoms with van der Waals surface area (Å²) in [5.41, 5.74) is 1.10. The van der Waals surface area contributed by atoms with Crippen LogP contribution in [0.2, 0.25) is 0 Å². The van der Waals surface area contributed by atoms with E-state index in [1.165, 1.54) is 15.1 Å². The number of rotatable bonds is 4. The Hall–Kier alpha value is -1.09. The van der Waals surface area contributed by atoms with Gasteiger partial charge in [-0.1, -0.05) is 18.7 Å². The quantitative estimate of drug-likeness (QED) is 0.495. The summed E-state index contributed by atoms with van der Waals surface area (Å²) in [6, 6.07) is 0. The lowest BCUT2D eigenvalue weighted by molar-refractivity contribution is 0.0410. The third kappa shape index (κ3) is 3.45. The second-order valence-electron chi connectivity index (χ2n) is 6.90. The average Bonchev–Trinajstić information content (AvgIpc) is 2.97. The molecule has 0 spiro atoms. The molecule has 0 amide bonds. The minimum Gasteiger partial charge on any atom is -0.379 e. The molecule has 2 aromatic heterocycles. The van der Waals surface area contributed by atoms with E-state index in [-0.39, 0.29) is 5.56 Å². The standard InChI is InChI=1S/C17H24N4O2S2/c1-11-2-3-12-13(10-11)25-15-14(12)16(22)21(18)17(19-15)24-9-6-20-4-7-23-8-5-20/h11H,2-10,18H2,1H3/t11-/m1/s1. The number of nitrogens with two attached hydrogens (primary N) is 1. The summed E-state index contributed by atoms with van der Waals surface area (Å²) >= 11 is 3.25. The van der Waals surface area contributed by atoms with Crippen LogP contribution in [0, 0.1) is 5.92 Å². The highest BCUT2D eigenvalue weighted by molar-refractivity contribution is 7.99. The van der Waals surface area contributed by atoms with E-state index in [2.05, 4.69) is 11.8 Å². The molecule has 3 heterocycles. The highest BCUT2D eigenvalue weighted by atomic mass is 32.2. The van der Waals surface area contributed by atoms with Crippen molar-refractivity contribution in [3.63, 3.8) is 0 Å². The van der Waals surface area contributed by atoms with Gasteiger partial charge >= 0.3 is 0 Å². The van der Waals surface area contributed by atoms with E-state index in [4.69, 9.17) is 15.6 Å². The molecule has 8 heteroatoms. The Morgan fingerprint density at radius 2 is 2.20 bits per heavy atom. The highest BCUT2D eigenvalue weighted by Crippen LogP contribution is 2.36. The third-order valence-electron chi connectivity index (χ3n) is 5.07. The van der Waals surface area contributed by atoms with Gasteiger partial charge in [0.2, 0.25) is 0 Å². The lowest BCUT2D eigenvalue weighted by atomic mass is 9.89. The maximum Gasteiger partial charge on any atom is 0.281 e. The van der Waals surface area contributed by atoms with Gasteiger partial charge in [0.15, 0.2) is 5.16 Å². The van der Waals surface area contributed by atoms with Gasteiger partial charge in [0.05, 0.1) is 18.6 Å². The molecule has 136 valence electrons. The molecule has 2 aliphatic rings. The smallest absolute Gasteiger partial charge is 0.281 e. The third-order valence-corrected chi connectivity index (χ3v) is 7.15. The zero-order valence-electron chi connectivity index (χ0n) is 14.5. The lowest BCUT2D eigenvalue weighted by Crippen LogP contribution is -2.37. The second-order valence-corrected chi connectivity index (χ2v) is 9.05. The topological polar surface area (TPSA) is 73.4 Å². The van der Waals surface area contributed by atoms with E-state index in [9.17, 15) is 4.79 Å². The summed E-state index contributed by atoms with van der Waals surface area (Å²) in [6.07, 6.45) is 3.16. The fourth-order valence-corrected chi connectivity index (χ4v) is 5.92. The predicted octanol–water partition coefficient (Wildman–Crippen LogP) is 1.72. The number of thiophene rings is 1. The Kier molecular flexibility index (Phi) is 5.04. The number of aromatic nitrogens is 2. The monoisotopic (exact) mass is 380 g/mol. The molecule has 2 aromatic rings. The van der Waals surface area contributed by atoms with Crippen molar-refractivity contribution in [3.8, 4) is 0 Å². The van der Waals surface area contributed by atoms with Gasteiger partial charge in [0, 0.05) is 30.3 Å². The van der Waals surface area contributed by atoms with Gasteiger partial charge in [0.1, 0.15) is 4.83 Å². The molecule has 0 saturated carbocycles. The van der Waals surface area contributed by atoms with Gasteiger partial charge < -0.3 is 10.6 Å². The van der Waals surface area contributed by atoms with E-state index in [1.807, 2.05) is 0 Å². The van der Waals surface area contributed by atoms with Crippen molar-refractivity contribution in [1.82, 2.24) is 14.6 Å². The van der Waals surface area contributed by atoms with Crippen LogP contribution in [0.5, 0.6) is 0 Å². The van der Waals surface area contributed by atoms with Crippen molar-refractivity contribution >= 4 is 33.3 Å². The fraction of sp³-hybridized carbons (Fsp3) is 0.647. The number of fused-ring (bicyclic) bond motifs is 3. The second kappa shape index (κ2) is 7.26. The Labute approximate surface area is 155 Å². The first kappa shape index (κ1) is 17.3. The van der Waals surface area contributed by atoms with Gasteiger partial charge in [0.25, 0.3) is 5.56 Å². The van der Waals surface area contributed by atoms with E-state index < -0.39 is 0 Å². The maximum atomic E-state index is 12.8. The first-order chi connectivity index (χ1) is 12.1. The zero-order valence-corrected chi connectivity index (χ0v) is 16.1. The largest absolute Gasteiger partial charge is 0.379 e. The summed E-state index contributed by atoms with van der Waals surface area (Å²) < 4.78 is 6.62. The summed E-state index contributed by atoms with van der Waals surface area (Å²) in [4.78, 5) is 22.1. The van der Waals surface area contributed by atoms with Crippen LogP contribution >= 0.6 is 23.1 Å². The van der Waals surface area contributed by atoms with Crippen LogP contribution in [0.1, 0.15) is 23.8 Å². The Bertz CT molecular complexity index is 826. The van der Waals surface area contributed by atoms with Crippen LogP contribution in [0.15, 0.2) is 9.95 Å². The molecule has 6 nitrogen and oxygen atoms in total. The van der Waals surface area contributed by atoms with Crippen molar-refractivity contribution in [2.45, 2.75) is 31.3 Å². The zero-order chi connectivity index (χ0) is 17.4. The molecule has 1 atom stereocenters. The van der Waals surface area contributed by atoms with Crippen LogP contribution in [0.4, 0.5) is 0 Å². The number of morpholine rings is 1. The van der Waals surface area contributed by atoms with Crippen molar-refractivity contribution in [1.29, 1.82) is 0 Å². The summed E-state index contributed by atoms with van der Waals surface area (Å²) in [5.74, 6) is 7.64. The van der Waals surface area contributed by atoms with Gasteiger partial charge in [-0.15, -0.1) is 11.3 Å². The first-order valence-electron chi connectivity index (χ1n) is 8.88.